The smallest absolute Gasteiger partial charge is 0.381 e. The number of hydrogen-bond acceptors (Lipinski definition) is 3. The number of nitrogens with one attached hydrogen (secondary N) is 1. The van der Waals surface area contributed by atoms with Gasteiger partial charge in [-0.1, -0.05) is 0 Å². The Morgan fingerprint density at radius 1 is 1.47 bits per heavy atom. The van der Waals surface area contributed by atoms with Gasteiger partial charge in [-0.15, -0.1) is 0 Å². The summed E-state index contributed by atoms with van der Waals surface area (Å²) in [5, 5.41) is 2.58. The summed E-state index contributed by atoms with van der Waals surface area (Å²) >= 11 is 0. The molecule has 2 heterocycles. The van der Waals surface area contributed by atoms with E-state index in [0.29, 0.717) is 25.3 Å². The number of anilines is 1. The van der Waals surface area contributed by atoms with Gasteiger partial charge in [0.2, 0.25) is 5.91 Å². The summed E-state index contributed by atoms with van der Waals surface area (Å²) < 4.78 is 42.4. The molecule has 1 aromatic rings. The highest BCUT2D eigenvalue weighted by molar-refractivity contribution is 5.93. The zero-order chi connectivity index (χ0) is 14.0. The van der Waals surface area contributed by atoms with Crippen LogP contribution in [0.5, 0.6) is 0 Å². The van der Waals surface area contributed by atoms with Gasteiger partial charge in [-0.2, -0.15) is 13.2 Å². The minimum absolute atomic E-state index is 0.141. The number of carbonyl (C=O) groups excluding carboxylic acids is 1. The maximum atomic E-state index is 12.4. The van der Waals surface area contributed by atoms with Gasteiger partial charge in [-0.3, -0.25) is 4.79 Å². The predicted molar refractivity (Wildman–Crippen MR) is 61.5 cm³/mol. The molecule has 1 amide bonds. The number of pyridine rings is 1. The van der Waals surface area contributed by atoms with Crippen molar-refractivity contribution in [2.24, 2.45) is 5.92 Å². The zero-order valence-corrected chi connectivity index (χ0v) is 10.3. The van der Waals surface area contributed by atoms with E-state index in [4.69, 9.17) is 4.74 Å². The molecule has 1 fully saturated rings. The van der Waals surface area contributed by atoms with Crippen molar-refractivity contribution in [1.82, 2.24) is 4.98 Å². The maximum Gasteiger partial charge on any atom is 0.433 e. The van der Waals surface area contributed by atoms with E-state index >= 15 is 0 Å². The monoisotopic (exact) mass is 274 g/mol. The molecule has 0 aromatic carbocycles. The van der Waals surface area contributed by atoms with Crippen LogP contribution in [0.4, 0.5) is 18.9 Å². The van der Waals surface area contributed by atoms with E-state index in [1.807, 2.05) is 0 Å². The number of carbonyl (C=O) groups is 1. The lowest BCUT2D eigenvalue weighted by molar-refractivity contribution is -0.141. The maximum absolute atomic E-state index is 12.4. The van der Waals surface area contributed by atoms with Crippen molar-refractivity contribution in [3.8, 4) is 0 Å². The summed E-state index contributed by atoms with van der Waals surface area (Å²) in [6.45, 7) is 2.30. The Bertz CT molecular complexity index is 482. The number of ether oxygens (including phenoxy) is 1. The lowest BCUT2D eigenvalue weighted by Gasteiger charge is -2.13. The van der Waals surface area contributed by atoms with Crippen LogP contribution in [0, 0.1) is 12.8 Å². The molecular formula is C12H13F3N2O2. The Labute approximate surface area is 108 Å². The molecular weight excluding hydrogens is 261 g/mol. The Morgan fingerprint density at radius 3 is 2.74 bits per heavy atom. The van der Waals surface area contributed by atoms with Gasteiger partial charge in [0.1, 0.15) is 5.69 Å². The second kappa shape index (κ2) is 5.16. The summed E-state index contributed by atoms with van der Waals surface area (Å²) in [5.41, 5.74) is -0.529. The van der Waals surface area contributed by atoms with Crippen LogP contribution in [0.1, 0.15) is 17.8 Å². The van der Waals surface area contributed by atoms with Crippen LogP contribution in [0.2, 0.25) is 0 Å². The third-order valence-electron chi connectivity index (χ3n) is 2.93. The first-order chi connectivity index (χ1) is 8.88. The van der Waals surface area contributed by atoms with E-state index < -0.39 is 11.9 Å². The van der Waals surface area contributed by atoms with Gasteiger partial charge in [-0.05, 0) is 25.5 Å². The number of aryl methyl sites for hydroxylation is 1. The highest BCUT2D eigenvalue weighted by Gasteiger charge is 2.33. The number of rotatable bonds is 2. The zero-order valence-electron chi connectivity index (χ0n) is 10.3. The standard InChI is InChI=1S/C12H13F3N2O2/c1-7-9(2-3-10(16-7)12(13,14)15)17-11(18)8-4-5-19-6-8/h2-3,8H,4-6H2,1H3,(H,17,18). The summed E-state index contributed by atoms with van der Waals surface area (Å²) in [4.78, 5) is 15.3. The largest absolute Gasteiger partial charge is 0.433 e. The highest BCUT2D eigenvalue weighted by atomic mass is 19.4. The topological polar surface area (TPSA) is 51.2 Å². The van der Waals surface area contributed by atoms with Crippen molar-refractivity contribution in [3.05, 3.63) is 23.5 Å². The molecule has 7 heteroatoms. The lowest BCUT2D eigenvalue weighted by atomic mass is 10.1. The highest BCUT2D eigenvalue weighted by Crippen LogP contribution is 2.29. The van der Waals surface area contributed by atoms with Gasteiger partial charge in [0, 0.05) is 6.61 Å². The molecule has 0 aliphatic carbocycles. The third-order valence-corrected chi connectivity index (χ3v) is 2.93. The van der Waals surface area contributed by atoms with Crippen molar-refractivity contribution in [2.45, 2.75) is 19.5 Å². The number of nitrogens with zero attached hydrogens (tertiary/aromatic N) is 1. The van der Waals surface area contributed by atoms with Gasteiger partial charge in [0.25, 0.3) is 0 Å². The first-order valence-electron chi connectivity index (χ1n) is 5.81. The molecule has 0 bridgehead atoms. The van der Waals surface area contributed by atoms with Crippen LogP contribution in [-0.2, 0) is 15.7 Å². The number of alkyl halides is 3. The SMILES string of the molecule is Cc1nc(C(F)(F)F)ccc1NC(=O)C1CCOC1. The van der Waals surface area contributed by atoms with Gasteiger partial charge in [0.15, 0.2) is 0 Å². The van der Waals surface area contributed by atoms with Crippen LogP contribution in [0.25, 0.3) is 0 Å². The summed E-state index contributed by atoms with van der Waals surface area (Å²) in [6, 6.07) is 2.08. The normalized spacial score (nSPS) is 19.5. The van der Waals surface area contributed by atoms with E-state index in [1.54, 1.807) is 0 Å². The molecule has 1 aliphatic rings. The molecule has 1 aromatic heterocycles. The molecule has 1 unspecified atom stereocenters. The number of halogens is 3. The lowest BCUT2D eigenvalue weighted by Crippen LogP contribution is -2.23. The summed E-state index contributed by atoms with van der Waals surface area (Å²) in [6.07, 6.45) is -3.86. The van der Waals surface area contributed by atoms with Crippen LogP contribution < -0.4 is 5.32 Å². The molecule has 2 rings (SSSR count). The van der Waals surface area contributed by atoms with E-state index in [1.165, 1.54) is 13.0 Å². The van der Waals surface area contributed by atoms with Crippen molar-refractivity contribution < 1.29 is 22.7 Å². The molecule has 104 valence electrons. The molecule has 0 spiro atoms. The molecule has 19 heavy (non-hydrogen) atoms. The van der Waals surface area contributed by atoms with Crippen LogP contribution in [-0.4, -0.2) is 24.1 Å². The average Bonchev–Trinajstić information content (AvgIpc) is 2.84. The van der Waals surface area contributed by atoms with E-state index in [2.05, 4.69) is 10.3 Å². The van der Waals surface area contributed by atoms with Gasteiger partial charge in [-0.25, -0.2) is 4.98 Å². The number of aromatic nitrogens is 1. The van der Waals surface area contributed by atoms with Gasteiger partial charge in [0.05, 0.1) is 23.9 Å². The number of hydrogen-bond donors (Lipinski definition) is 1. The summed E-state index contributed by atoms with van der Waals surface area (Å²) in [7, 11) is 0. The van der Waals surface area contributed by atoms with Gasteiger partial charge >= 0.3 is 6.18 Å². The minimum atomic E-state index is -4.48. The quantitative estimate of drug-likeness (QED) is 0.900. The van der Waals surface area contributed by atoms with Crippen molar-refractivity contribution in [3.63, 3.8) is 0 Å². The molecule has 0 radical (unpaired) electrons. The first kappa shape index (κ1) is 13.8. The fourth-order valence-electron chi connectivity index (χ4n) is 1.83. The molecule has 1 N–H and O–H groups in total. The number of amides is 1. The average molecular weight is 274 g/mol. The Kier molecular flexibility index (Phi) is 3.75. The molecule has 0 saturated carbocycles. The third kappa shape index (κ3) is 3.23. The first-order valence-corrected chi connectivity index (χ1v) is 5.81. The fraction of sp³-hybridized carbons (Fsp3) is 0.500. The van der Waals surface area contributed by atoms with Crippen molar-refractivity contribution in [1.29, 1.82) is 0 Å². The van der Waals surface area contributed by atoms with Crippen LogP contribution in [0.15, 0.2) is 12.1 Å². The van der Waals surface area contributed by atoms with Gasteiger partial charge < -0.3 is 10.1 Å². The summed E-state index contributed by atoms with van der Waals surface area (Å²) in [5.74, 6) is -0.496. The van der Waals surface area contributed by atoms with Crippen molar-refractivity contribution >= 4 is 11.6 Å². The molecule has 1 atom stereocenters. The molecule has 4 nitrogen and oxygen atoms in total. The second-order valence-corrected chi connectivity index (χ2v) is 4.38. The second-order valence-electron chi connectivity index (χ2n) is 4.38. The van der Waals surface area contributed by atoms with E-state index in [0.717, 1.165) is 6.07 Å². The Morgan fingerprint density at radius 2 is 2.21 bits per heavy atom. The van der Waals surface area contributed by atoms with Crippen molar-refractivity contribution in [2.75, 3.05) is 18.5 Å². The predicted octanol–water partition coefficient (Wildman–Crippen LogP) is 2.38. The Hall–Kier alpha value is -1.63. The van der Waals surface area contributed by atoms with E-state index in [-0.39, 0.29) is 17.5 Å². The van der Waals surface area contributed by atoms with E-state index in [9.17, 15) is 18.0 Å². The molecule has 1 aliphatic heterocycles. The molecule has 1 saturated heterocycles. The minimum Gasteiger partial charge on any atom is -0.381 e. The van der Waals surface area contributed by atoms with Crippen LogP contribution in [0.3, 0.4) is 0 Å². The Balaban J connectivity index is 2.11. The van der Waals surface area contributed by atoms with Crippen LogP contribution >= 0.6 is 0 Å². The fourth-order valence-corrected chi connectivity index (χ4v) is 1.83.